The third kappa shape index (κ3) is 62.6. The van der Waals surface area contributed by atoms with Gasteiger partial charge in [-0.2, -0.15) is 0 Å². The van der Waals surface area contributed by atoms with E-state index in [0.29, 0.717) is 12.8 Å². The fourth-order valence-corrected chi connectivity index (χ4v) is 9.28. The van der Waals surface area contributed by atoms with Crippen LogP contribution in [0.4, 0.5) is 0 Å². The van der Waals surface area contributed by atoms with Gasteiger partial charge in [0.15, 0.2) is 0 Å². The van der Waals surface area contributed by atoms with Gasteiger partial charge in [0.05, 0.1) is 0 Å². The van der Waals surface area contributed by atoms with E-state index in [-0.39, 0.29) is 56.5 Å². The summed E-state index contributed by atoms with van der Waals surface area (Å²) in [5.41, 5.74) is 0. The molecule has 0 N–H and O–H groups in total. The van der Waals surface area contributed by atoms with Gasteiger partial charge < -0.3 is 29.3 Å². The normalized spacial score (nSPS) is 11.9. The molecule has 0 aliphatic carbocycles. The van der Waals surface area contributed by atoms with Crippen molar-refractivity contribution in [3.05, 3.63) is 0 Å². The summed E-state index contributed by atoms with van der Waals surface area (Å²) in [4.78, 5) is 45.2. The average molecular weight is 1030 g/mol. The zero-order valence-electron chi connectivity index (χ0n) is 46.5. The van der Waals surface area contributed by atoms with E-state index in [1.807, 2.05) is 0 Å². The van der Waals surface area contributed by atoms with Crippen molar-refractivity contribution in [1.29, 1.82) is 0 Å². The van der Waals surface area contributed by atoms with Crippen LogP contribution in [0.3, 0.4) is 0 Å². The quantitative estimate of drug-likeness (QED) is 0.0334. The second kappa shape index (κ2) is 60.8. The first kappa shape index (κ1) is 71.8. The van der Waals surface area contributed by atoms with Crippen LogP contribution in [-0.4, -0.2) is 36.1 Å². The smallest absolute Gasteiger partial charge is 0.550 e. The molecule has 0 radical (unpaired) electrons. The number of unbranched alkanes of at least 4 members (excludes halogenated alkanes) is 36. The second-order valence-electron chi connectivity index (χ2n) is 20.6. The first-order chi connectivity index (χ1) is 33.2. The van der Waals surface area contributed by atoms with E-state index >= 15 is 0 Å². The molecule has 0 saturated carbocycles. The monoisotopic (exact) mass is 1030 g/mol. The Balaban J connectivity index is -0.00000124. The van der Waals surface area contributed by atoms with E-state index in [4.69, 9.17) is 9.47 Å². The Morgan fingerprint density at radius 1 is 0.275 bits per heavy atom. The topological polar surface area (TPSA) is 133 Å². The van der Waals surface area contributed by atoms with Gasteiger partial charge in [0.25, 0.3) is 0 Å². The number of carbonyl (C=O) groups excluding carboxylic acids is 4. The number of hydrogen-bond acceptors (Lipinski definition) is 8. The molecule has 0 aromatic carbocycles. The average Bonchev–Trinajstić information content (AvgIpc) is 3.31. The Morgan fingerprint density at radius 2 is 0.478 bits per heavy atom. The molecule has 0 saturated heterocycles. The Morgan fingerprint density at radius 3 is 0.696 bits per heavy atom. The van der Waals surface area contributed by atoms with Crippen molar-refractivity contribution in [2.24, 2.45) is 0 Å². The maximum atomic E-state index is 12.2. The van der Waals surface area contributed by atoms with Gasteiger partial charge >= 0.3 is 31.4 Å². The zero-order chi connectivity index (χ0) is 50.2. The third-order valence-electron chi connectivity index (χ3n) is 13.6. The van der Waals surface area contributed by atoms with Crippen LogP contribution < -0.4 is 10.2 Å². The molecular weight excluding hydrogens is 914 g/mol. The zero-order valence-corrected chi connectivity index (χ0v) is 49.5. The van der Waals surface area contributed by atoms with E-state index in [2.05, 4.69) is 27.7 Å². The Kier molecular flexibility index (Phi) is 63.2. The molecule has 0 spiro atoms. The predicted molar refractivity (Wildman–Crippen MR) is 283 cm³/mol. The maximum absolute atomic E-state index is 12.2. The molecule has 69 heavy (non-hydrogen) atoms. The van der Waals surface area contributed by atoms with Crippen LogP contribution in [-0.2, 0) is 48.1 Å². The molecule has 0 bridgehead atoms. The van der Waals surface area contributed by atoms with Crippen molar-refractivity contribution < 1.29 is 58.3 Å². The van der Waals surface area contributed by atoms with Crippen LogP contribution in [0.1, 0.15) is 349 Å². The summed E-state index contributed by atoms with van der Waals surface area (Å²) in [6, 6.07) is 0. The fraction of sp³-hybridized carbons (Fsp3) is 0.933. The first-order valence-electron chi connectivity index (χ1n) is 30.0. The summed E-state index contributed by atoms with van der Waals surface area (Å²) < 4.78 is 11.6. The number of hydrogen-bond donors (Lipinski definition) is 0. The van der Waals surface area contributed by atoms with Crippen molar-refractivity contribution in [2.45, 2.75) is 361 Å². The Hall–Kier alpha value is -1.50. The summed E-state index contributed by atoms with van der Waals surface area (Å²) in [5.74, 6) is -1.82. The molecule has 0 heterocycles. The summed E-state index contributed by atoms with van der Waals surface area (Å²) in [7, 11) is 0. The number of carbonyl (C=O) groups is 4. The van der Waals surface area contributed by atoms with E-state index in [1.165, 1.54) is 180 Å². The molecule has 0 aliphatic rings. The summed E-state index contributed by atoms with van der Waals surface area (Å²) in [6.07, 6.45) is 56.8. The Labute approximate surface area is 441 Å². The molecular formula is C60H114O8Zn. The molecule has 404 valence electrons. The van der Waals surface area contributed by atoms with Crippen molar-refractivity contribution in [1.82, 2.24) is 0 Å². The number of ether oxygens (including phenoxy) is 2. The van der Waals surface area contributed by atoms with Crippen LogP contribution in [0, 0.1) is 0 Å². The molecule has 0 aliphatic heterocycles. The second-order valence-corrected chi connectivity index (χ2v) is 20.6. The van der Waals surface area contributed by atoms with Crippen molar-refractivity contribution in [2.75, 3.05) is 0 Å². The molecule has 0 aromatic heterocycles. The van der Waals surface area contributed by atoms with E-state index < -0.39 is 11.9 Å². The van der Waals surface area contributed by atoms with Gasteiger partial charge in [-0.05, 0) is 77.0 Å². The number of carboxylic acid groups (broad SMARTS) is 2. The number of rotatable bonds is 54. The van der Waals surface area contributed by atoms with Gasteiger partial charge in [0.2, 0.25) is 0 Å². The van der Waals surface area contributed by atoms with Crippen LogP contribution in [0.25, 0.3) is 0 Å². The van der Waals surface area contributed by atoms with E-state index in [0.717, 1.165) is 116 Å². The molecule has 8 nitrogen and oxygen atoms in total. The molecule has 0 amide bonds. The largest absolute Gasteiger partial charge is 2.00 e. The molecule has 0 rings (SSSR count). The van der Waals surface area contributed by atoms with Gasteiger partial charge in [0.1, 0.15) is 12.2 Å². The number of aliphatic carboxylic acids is 2. The van der Waals surface area contributed by atoms with Crippen molar-refractivity contribution in [3.63, 3.8) is 0 Å². The van der Waals surface area contributed by atoms with Crippen LogP contribution in [0.2, 0.25) is 0 Å². The maximum Gasteiger partial charge on any atom is 2.00 e. The minimum atomic E-state index is -0.923. The number of esters is 2. The molecule has 9 heteroatoms. The summed E-state index contributed by atoms with van der Waals surface area (Å²) in [5, 5.41) is 20.7. The van der Waals surface area contributed by atoms with Crippen LogP contribution in [0.15, 0.2) is 0 Å². The number of carboxylic acids is 2. The van der Waals surface area contributed by atoms with Gasteiger partial charge in [-0.3, -0.25) is 9.59 Å². The third-order valence-corrected chi connectivity index (χ3v) is 13.6. The van der Waals surface area contributed by atoms with Crippen molar-refractivity contribution >= 4 is 23.9 Å². The fourth-order valence-electron chi connectivity index (χ4n) is 9.28. The summed E-state index contributed by atoms with van der Waals surface area (Å²) >= 11 is 0. The summed E-state index contributed by atoms with van der Waals surface area (Å²) in [6.45, 7) is 8.85. The minimum absolute atomic E-state index is 0. The molecule has 0 fully saturated rings. The molecule has 0 aromatic rings. The van der Waals surface area contributed by atoms with E-state index in [1.54, 1.807) is 0 Å². The molecule has 2 unspecified atom stereocenters. The van der Waals surface area contributed by atoms with Crippen LogP contribution >= 0.6 is 0 Å². The van der Waals surface area contributed by atoms with E-state index in [9.17, 15) is 29.4 Å². The molecule has 2 atom stereocenters. The van der Waals surface area contributed by atoms with Gasteiger partial charge in [-0.1, -0.05) is 259 Å². The minimum Gasteiger partial charge on any atom is -0.550 e. The SMILES string of the molecule is CCCCCCCCCCCC(=O)OC(CCC)CCCCCCCCCCCCCC(=O)[O-].CCCCCCCCCCCC(=O)OC(CCC)CCCCCCCCCCCCCC(=O)[O-].[Zn+2]. The van der Waals surface area contributed by atoms with Gasteiger partial charge in [-0.25, -0.2) is 0 Å². The van der Waals surface area contributed by atoms with Gasteiger partial charge in [-0.15, -0.1) is 0 Å². The standard InChI is InChI=1S/2C30H58O4.Zn/c2*1-3-5-6-7-8-12-17-20-23-27-30(33)34-28(24-4-2)25-21-18-15-13-10-9-11-14-16-19-22-26-29(31)32;/h2*28H,3-27H2,1-2H3,(H,31,32);/q;;+2/p-2. The predicted octanol–water partition coefficient (Wildman–Crippen LogP) is 16.9. The van der Waals surface area contributed by atoms with Crippen LogP contribution in [0.5, 0.6) is 0 Å². The van der Waals surface area contributed by atoms with Gasteiger partial charge in [0, 0.05) is 24.8 Å². The van der Waals surface area contributed by atoms with Crippen molar-refractivity contribution in [3.8, 4) is 0 Å². The first-order valence-corrected chi connectivity index (χ1v) is 30.0. The Bertz CT molecular complexity index is 988.